The van der Waals surface area contributed by atoms with Crippen LogP contribution in [-0.4, -0.2) is 28.9 Å². The number of ether oxygens (including phenoxy) is 1. The Morgan fingerprint density at radius 3 is 2.62 bits per heavy atom. The number of carbonyl (C=O) groups is 1. The molecule has 2 aromatic rings. The van der Waals surface area contributed by atoms with Crippen molar-refractivity contribution in [2.45, 2.75) is 31.8 Å². The van der Waals surface area contributed by atoms with Crippen molar-refractivity contribution in [3.8, 4) is 0 Å². The highest BCUT2D eigenvalue weighted by molar-refractivity contribution is 5.76. The maximum Gasteiger partial charge on any atom is 0.267 e. The molecule has 1 N–H and O–H groups in total. The zero-order chi connectivity index (χ0) is 17.0. The van der Waals surface area contributed by atoms with Crippen LogP contribution < -0.4 is 10.9 Å². The van der Waals surface area contributed by atoms with E-state index in [-0.39, 0.29) is 18.0 Å². The van der Waals surface area contributed by atoms with Gasteiger partial charge >= 0.3 is 0 Å². The largest absolute Gasteiger partial charge is 0.381 e. The molecule has 0 bridgehead atoms. The van der Waals surface area contributed by atoms with Gasteiger partial charge < -0.3 is 10.1 Å². The second-order valence-corrected chi connectivity index (χ2v) is 6.08. The van der Waals surface area contributed by atoms with Gasteiger partial charge in [-0.3, -0.25) is 9.59 Å². The first-order valence-electron chi connectivity index (χ1n) is 8.08. The zero-order valence-electron chi connectivity index (χ0n) is 13.7. The van der Waals surface area contributed by atoms with E-state index in [0.29, 0.717) is 31.7 Å². The van der Waals surface area contributed by atoms with Gasteiger partial charge in [0.1, 0.15) is 6.54 Å². The van der Waals surface area contributed by atoms with E-state index in [1.807, 2.05) is 30.3 Å². The van der Waals surface area contributed by atoms with Gasteiger partial charge in [0, 0.05) is 19.3 Å². The number of rotatable bonds is 4. The fourth-order valence-corrected chi connectivity index (χ4v) is 3.07. The molecule has 1 aliphatic rings. The maximum absolute atomic E-state index is 12.6. The van der Waals surface area contributed by atoms with Crippen LogP contribution in [0.2, 0.25) is 0 Å². The molecule has 0 aliphatic carbocycles. The Labute approximate surface area is 140 Å². The molecule has 2 heterocycles. The SMILES string of the molecule is Cc1ccc(=O)n(CC(=O)NC2(c3ccccc3)CCOCC2)n1. The summed E-state index contributed by atoms with van der Waals surface area (Å²) >= 11 is 0. The second-order valence-electron chi connectivity index (χ2n) is 6.08. The number of nitrogens with one attached hydrogen (secondary N) is 1. The lowest BCUT2D eigenvalue weighted by molar-refractivity contribution is -0.125. The molecule has 0 radical (unpaired) electrons. The molecule has 1 saturated heterocycles. The third-order valence-corrected chi connectivity index (χ3v) is 4.34. The van der Waals surface area contributed by atoms with Gasteiger partial charge in [0.15, 0.2) is 0 Å². The normalized spacial score (nSPS) is 16.5. The second kappa shape index (κ2) is 6.97. The standard InChI is InChI=1S/C18H21N3O3/c1-14-7-8-17(23)21(20-14)13-16(22)19-18(9-11-24-12-10-18)15-5-3-2-4-6-15/h2-8H,9-13H2,1H3,(H,19,22). The van der Waals surface area contributed by atoms with Crippen molar-refractivity contribution in [3.63, 3.8) is 0 Å². The van der Waals surface area contributed by atoms with E-state index in [1.165, 1.54) is 10.7 Å². The molecule has 1 aromatic heterocycles. The van der Waals surface area contributed by atoms with Crippen molar-refractivity contribution in [3.05, 3.63) is 64.1 Å². The monoisotopic (exact) mass is 327 g/mol. The van der Waals surface area contributed by atoms with Crippen molar-refractivity contribution in [2.75, 3.05) is 13.2 Å². The summed E-state index contributed by atoms with van der Waals surface area (Å²) in [5.41, 5.74) is 1.03. The molecule has 0 atom stereocenters. The van der Waals surface area contributed by atoms with Crippen LogP contribution in [0, 0.1) is 6.92 Å². The van der Waals surface area contributed by atoms with Crippen molar-refractivity contribution in [1.82, 2.24) is 15.1 Å². The summed E-state index contributed by atoms with van der Waals surface area (Å²) < 4.78 is 6.66. The van der Waals surface area contributed by atoms with Gasteiger partial charge in [-0.15, -0.1) is 0 Å². The van der Waals surface area contributed by atoms with E-state index in [2.05, 4.69) is 10.4 Å². The average molecular weight is 327 g/mol. The highest BCUT2D eigenvalue weighted by atomic mass is 16.5. The van der Waals surface area contributed by atoms with Crippen LogP contribution >= 0.6 is 0 Å². The van der Waals surface area contributed by atoms with E-state index in [9.17, 15) is 9.59 Å². The first-order valence-corrected chi connectivity index (χ1v) is 8.08. The van der Waals surface area contributed by atoms with Gasteiger partial charge in [0.05, 0.1) is 11.2 Å². The summed E-state index contributed by atoms with van der Waals surface area (Å²) in [5, 5.41) is 7.25. The van der Waals surface area contributed by atoms with E-state index >= 15 is 0 Å². The van der Waals surface area contributed by atoms with E-state index in [4.69, 9.17) is 4.74 Å². The molecule has 0 spiro atoms. The summed E-state index contributed by atoms with van der Waals surface area (Å²) in [6, 6.07) is 13.0. The van der Waals surface area contributed by atoms with Crippen molar-refractivity contribution >= 4 is 5.91 Å². The van der Waals surface area contributed by atoms with Crippen molar-refractivity contribution < 1.29 is 9.53 Å². The lowest BCUT2D eigenvalue weighted by Gasteiger charge is -2.38. The molecule has 6 heteroatoms. The van der Waals surface area contributed by atoms with E-state index in [0.717, 1.165) is 5.56 Å². The van der Waals surface area contributed by atoms with E-state index < -0.39 is 5.54 Å². The number of carbonyl (C=O) groups excluding carboxylic acids is 1. The molecule has 0 saturated carbocycles. The number of aryl methyl sites for hydroxylation is 1. The molecule has 0 unspecified atom stereocenters. The van der Waals surface area contributed by atoms with Crippen LogP contribution in [0.3, 0.4) is 0 Å². The highest BCUT2D eigenvalue weighted by Crippen LogP contribution is 2.31. The summed E-state index contributed by atoms with van der Waals surface area (Å²) in [6.45, 7) is 2.89. The number of hydrogen-bond donors (Lipinski definition) is 1. The molecular weight excluding hydrogens is 306 g/mol. The predicted molar refractivity (Wildman–Crippen MR) is 89.5 cm³/mol. The Morgan fingerprint density at radius 2 is 1.92 bits per heavy atom. The number of nitrogens with zero attached hydrogens (tertiary/aromatic N) is 2. The minimum absolute atomic E-state index is 0.0873. The average Bonchev–Trinajstić information content (AvgIpc) is 2.60. The van der Waals surface area contributed by atoms with Crippen LogP contribution in [0.15, 0.2) is 47.3 Å². The van der Waals surface area contributed by atoms with Crippen molar-refractivity contribution in [1.29, 1.82) is 0 Å². The topological polar surface area (TPSA) is 73.2 Å². The van der Waals surface area contributed by atoms with Crippen LogP contribution in [0.1, 0.15) is 24.1 Å². The summed E-state index contributed by atoms with van der Waals surface area (Å²) in [7, 11) is 0. The van der Waals surface area contributed by atoms with Gasteiger partial charge in [-0.25, -0.2) is 4.68 Å². The third-order valence-electron chi connectivity index (χ3n) is 4.34. The Bertz CT molecular complexity index is 765. The van der Waals surface area contributed by atoms with Gasteiger partial charge in [0.2, 0.25) is 5.91 Å². The maximum atomic E-state index is 12.6. The van der Waals surface area contributed by atoms with Gasteiger partial charge in [-0.05, 0) is 31.4 Å². The molecule has 1 fully saturated rings. The van der Waals surface area contributed by atoms with Crippen LogP contribution in [-0.2, 0) is 21.6 Å². The Balaban J connectivity index is 1.81. The number of aromatic nitrogens is 2. The summed E-state index contributed by atoms with van der Waals surface area (Å²) in [4.78, 5) is 24.4. The van der Waals surface area contributed by atoms with Crippen LogP contribution in [0.25, 0.3) is 0 Å². The summed E-state index contributed by atoms with van der Waals surface area (Å²) in [6.07, 6.45) is 1.41. The van der Waals surface area contributed by atoms with Crippen LogP contribution in [0.5, 0.6) is 0 Å². The van der Waals surface area contributed by atoms with Gasteiger partial charge in [-0.2, -0.15) is 5.10 Å². The minimum atomic E-state index is -0.454. The lowest BCUT2D eigenvalue weighted by atomic mass is 9.82. The lowest BCUT2D eigenvalue weighted by Crippen LogP contribution is -2.51. The molecule has 1 amide bonds. The molecular formula is C18H21N3O3. The minimum Gasteiger partial charge on any atom is -0.381 e. The molecule has 24 heavy (non-hydrogen) atoms. The molecule has 1 aromatic carbocycles. The Morgan fingerprint density at radius 1 is 1.21 bits per heavy atom. The summed E-state index contributed by atoms with van der Waals surface area (Å²) in [5.74, 6) is -0.221. The third kappa shape index (κ3) is 3.54. The van der Waals surface area contributed by atoms with E-state index in [1.54, 1.807) is 13.0 Å². The number of hydrogen-bond acceptors (Lipinski definition) is 4. The molecule has 126 valence electrons. The quantitative estimate of drug-likeness (QED) is 0.920. The molecule has 6 nitrogen and oxygen atoms in total. The number of amides is 1. The zero-order valence-corrected chi connectivity index (χ0v) is 13.7. The first-order chi connectivity index (χ1) is 11.6. The fraction of sp³-hybridized carbons (Fsp3) is 0.389. The highest BCUT2D eigenvalue weighted by Gasteiger charge is 2.35. The fourth-order valence-electron chi connectivity index (χ4n) is 3.07. The van der Waals surface area contributed by atoms with Gasteiger partial charge in [-0.1, -0.05) is 30.3 Å². The van der Waals surface area contributed by atoms with Crippen molar-refractivity contribution in [2.24, 2.45) is 0 Å². The Kier molecular flexibility index (Phi) is 4.76. The first kappa shape index (κ1) is 16.4. The smallest absolute Gasteiger partial charge is 0.267 e. The van der Waals surface area contributed by atoms with Gasteiger partial charge in [0.25, 0.3) is 5.56 Å². The van der Waals surface area contributed by atoms with Crippen LogP contribution in [0.4, 0.5) is 0 Å². The predicted octanol–water partition coefficient (Wildman–Crippen LogP) is 1.37. The number of benzene rings is 1. The Hall–Kier alpha value is -2.47. The molecule has 3 rings (SSSR count). The molecule has 1 aliphatic heterocycles.